The first kappa shape index (κ1) is 14.1. The monoisotopic (exact) mass is 314 g/mol. The summed E-state index contributed by atoms with van der Waals surface area (Å²) >= 11 is 12.0. The molecule has 0 atom stereocenters. The number of benzene rings is 3. The average molecular weight is 315 g/mol. The molecule has 21 heavy (non-hydrogen) atoms. The highest BCUT2D eigenvalue weighted by Gasteiger charge is 2.16. The molecule has 3 aromatic carbocycles. The van der Waals surface area contributed by atoms with E-state index in [0.29, 0.717) is 21.2 Å². The minimum absolute atomic E-state index is 0.0614. The molecule has 0 N–H and O–H groups in total. The summed E-state index contributed by atoms with van der Waals surface area (Å²) < 4.78 is 0. The SMILES string of the molecule is Cc1ccc2ccccc2c1C(=O)c1cc(Cl)cc(Cl)c1. The molecule has 0 aliphatic carbocycles. The smallest absolute Gasteiger partial charge is 0.194 e. The van der Waals surface area contributed by atoms with Crippen molar-refractivity contribution in [2.24, 2.45) is 0 Å². The van der Waals surface area contributed by atoms with Crippen LogP contribution in [0.25, 0.3) is 10.8 Å². The Hall–Kier alpha value is -1.83. The van der Waals surface area contributed by atoms with Gasteiger partial charge in [0, 0.05) is 21.2 Å². The molecule has 3 rings (SSSR count). The van der Waals surface area contributed by atoms with E-state index in [0.717, 1.165) is 16.3 Å². The average Bonchev–Trinajstić information content (AvgIpc) is 2.45. The molecule has 3 aromatic rings. The lowest BCUT2D eigenvalue weighted by Gasteiger charge is -2.10. The quantitative estimate of drug-likeness (QED) is 0.556. The number of fused-ring (bicyclic) bond motifs is 1. The summed E-state index contributed by atoms with van der Waals surface area (Å²) in [6.07, 6.45) is 0. The summed E-state index contributed by atoms with van der Waals surface area (Å²) in [5.74, 6) is -0.0614. The third-order valence-corrected chi connectivity index (χ3v) is 3.93. The van der Waals surface area contributed by atoms with E-state index >= 15 is 0 Å². The van der Waals surface area contributed by atoms with E-state index in [2.05, 4.69) is 0 Å². The first-order valence-corrected chi connectivity index (χ1v) is 7.31. The zero-order valence-corrected chi connectivity index (χ0v) is 12.9. The molecule has 1 nitrogen and oxygen atoms in total. The van der Waals surface area contributed by atoms with Crippen LogP contribution in [0.2, 0.25) is 10.0 Å². The van der Waals surface area contributed by atoms with Crippen LogP contribution >= 0.6 is 23.2 Å². The molecule has 0 saturated carbocycles. The Morgan fingerprint density at radius 2 is 1.57 bits per heavy atom. The van der Waals surface area contributed by atoms with E-state index in [1.807, 2.05) is 43.3 Å². The van der Waals surface area contributed by atoms with Crippen molar-refractivity contribution in [1.82, 2.24) is 0 Å². The Kier molecular flexibility index (Phi) is 3.71. The maximum atomic E-state index is 12.9. The molecule has 0 bridgehead atoms. The van der Waals surface area contributed by atoms with Crippen LogP contribution in [-0.4, -0.2) is 5.78 Å². The minimum Gasteiger partial charge on any atom is -0.289 e. The Balaban J connectivity index is 2.24. The largest absolute Gasteiger partial charge is 0.289 e. The lowest BCUT2D eigenvalue weighted by atomic mass is 9.93. The molecule has 3 heteroatoms. The molecule has 0 amide bonds. The summed E-state index contributed by atoms with van der Waals surface area (Å²) in [5, 5.41) is 2.91. The zero-order valence-electron chi connectivity index (χ0n) is 11.4. The molecule has 0 unspecified atom stereocenters. The minimum atomic E-state index is -0.0614. The zero-order chi connectivity index (χ0) is 15.0. The molecule has 0 aliphatic rings. The van der Waals surface area contributed by atoms with Crippen LogP contribution < -0.4 is 0 Å². The van der Waals surface area contributed by atoms with Crippen LogP contribution in [0.1, 0.15) is 21.5 Å². The number of rotatable bonds is 2. The Morgan fingerprint density at radius 3 is 2.29 bits per heavy atom. The van der Waals surface area contributed by atoms with Crippen molar-refractivity contribution in [3.05, 3.63) is 81.3 Å². The van der Waals surface area contributed by atoms with Crippen LogP contribution in [-0.2, 0) is 0 Å². The van der Waals surface area contributed by atoms with E-state index in [1.165, 1.54) is 0 Å². The fourth-order valence-electron chi connectivity index (χ4n) is 2.51. The van der Waals surface area contributed by atoms with Gasteiger partial charge in [0.1, 0.15) is 0 Å². The van der Waals surface area contributed by atoms with Gasteiger partial charge >= 0.3 is 0 Å². The van der Waals surface area contributed by atoms with Crippen molar-refractivity contribution in [2.45, 2.75) is 6.92 Å². The number of aryl methyl sites for hydroxylation is 1. The summed E-state index contributed by atoms with van der Waals surface area (Å²) in [4.78, 5) is 12.9. The van der Waals surface area contributed by atoms with Crippen LogP contribution in [0.15, 0.2) is 54.6 Å². The molecular formula is C18H12Cl2O. The standard InChI is InChI=1S/C18H12Cl2O/c1-11-6-7-12-4-2-3-5-16(12)17(11)18(21)13-8-14(19)10-15(20)9-13/h2-10H,1H3. The molecule has 104 valence electrons. The highest BCUT2D eigenvalue weighted by Crippen LogP contribution is 2.27. The van der Waals surface area contributed by atoms with Gasteiger partial charge in [-0.1, -0.05) is 59.6 Å². The second-order valence-electron chi connectivity index (χ2n) is 4.97. The number of halogens is 2. The topological polar surface area (TPSA) is 17.1 Å². The first-order valence-electron chi connectivity index (χ1n) is 6.55. The summed E-state index contributed by atoms with van der Waals surface area (Å²) in [5.41, 5.74) is 2.15. The van der Waals surface area contributed by atoms with Crippen LogP contribution in [0.5, 0.6) is 0 Å². The molecular weight excluding hydrogens is 303 g/mol. The second-order valence-corrected chi connectivity index (χ2v) is 5.84. The molecule has 0 saturated heterocycles. The van der Waals surface area contributed by atoms with Crippen molar-refractivity contribution in [2.75, 3.05) is 0 Å². The van der Waals surface area contributed by atoms with Crippen molar-refractivity contribution >= 4 is 39.8 Å². The van der Waals surface area contributed by atoms with Gasteiger partial charge in [-0.25, -0.2) is 0 Å². The normalized spacial score (nSPS) is 10.8. The number of hydrogen-bond donors (Lipinski definition) is 0. The highest BCUT2D eigenvalue weighted by molar-refractivity contribution is 6.35. The van der Waals surface area contributed by atoms with E-state index in [-0.39, 0.29) is 5.78 Å². The summed E-state index contributed by atoms with van der Waals surface area (Å²) in [6, 6.07) is 16.8. The number of ketones is 1. The van der Waals surface area contributed by atoms with Gasteiger partial charge in [0.25, 0.3) is 0 Å². The van der Waals surface area contributed by atoms with Gasteiger partial charge in [-0.3, -0.25) is 4.79 Å². The summed E-state index contributed by atoms with van der Waals surface area (Å²) in [7, 11) is 0. The van der Waals surface area contributed by atoms with Crippen molar-refractivity contribution in [3.63, 3.8) is 0 Å². The van der Waals surface area contributed by atoms with Crippen LogP contribution in [0.3, 0.4) is 0 Å². The van der Waals surface area contributed by atoms with Gasteiger partial charge < -0.3 is 0 Å². The maximum Gasteiger partial charge on any atom is 0.194 e. The van der Waals surface area contributed by atoms with E-state index in [4.69, 9.17) is 23.2 Å². The number of carbonyl (C=O) groups excluding carboxylic acids is 1. The Bertz CT molecular complexity index is 833. The Morgan fingerprint density at radius 1 is 0.905 bits per heavy atom. The highest BCUT2D eigenvalue weighted by atomic mass is 35.5. The molecule has 0 fully saturated rings. The predicted octanol–water partition coefficient (Wildman–Crippen LogP) is 5.69. The van der Waals surface area contributed by atoms with E-state index in [9.17, 15) is 4.79 Å². The van der Waals surface area contributed by atoms with Gasteiger partial charge in [0.15, 0.2) is 5.78 Å². The second kappa shape index (κ2) is 5.51. The lowest BCUT2D eigenvalue weighted by molar-refractivity contribution is 0.103. The number of hydrogen-bond acceptors (Lipinski definition) is 1. The molecule has 0 heterocycles. The van der Waals surface area contributed by atoms with Crippen molar-refractivity contribution in [3.8, 4) is 0 Å². The van der Waals surface area contributed by atoms with Crippen LogP contribution in [0, 0.1) is 6.92 Å². The Labute approximate surface area is 133 Å². The maximum absolute atomic E-state index is 12.9. The van der Waals surface area contributed by atoms with Crippen molar-refractivity contribution < 1.29 is 4.79 Å². The number of carbonyl (C=O) groups is 1. The first-order chi connectivity index (χ1) is 10.1. The lowest BCUT2D eigenvalue weighted by Crippen LogP contribution is -2.05. The van der Waals surface area contributed by atoms with Crippen molar-refractivity contribution in [1.29, 1.82) is 0 Å². The fraction of sp³-hybridized carbons (Fsp3) is 0.0556. The molecule has 0 aromatic heterocycles. The van der Waals surface area contributed by atoms with Gasteiger partial charge in [0.05, 0.1) is 0 Å². The fourth-order valence-corrected chi connectivity index (χ4v) is 3.04. The van der Waals surface area contributed by atoms with Gasteiger partial charge in [0.2, 0.25) is 0 Å². The molecule has 0 spiro atoms. The molecule has 0 aliphatic heterocycles. The van der Waals surface area contributed by atoms with Gasteiger partial charge in [-0.15, -0.1) is 0 Å². The molecule has 0 radical (unpaired) electrons. The summed E-state index contributed by atoms with van der Waals surface area (Å²) in [6.45, 7) is 1.94. The van der Waals surface area contributed by atoms with E-state index in [1.54, 1.807) is 18.2 Å². The van der Waals surface area contributed by atoms with Crippen LogP contribution in [0.4, 0.5) is 0 Å². The van der Waals surface area contributed by atoms with Gasteiger partial charge in [-0.2, -0.15) is 0 Å². The van der Waals surface area contributed by atoms with Gasteiger partial charge in [-0.05, 0) is 41.5 Å². The van der Waals surface area contributed by atoms with E-state index < -0.39 is 0 Å². The third kappa shape index (κ3) is 2.67. The predicted molar refractivity (Wildman–Crippen MR) is 88.6 cm³/mol. The third-order valence-electron chi connectivity index (χ3n) is 3.49.